The molecule has 50 heavy (non-hydrogen) atoms. The highest BCUT2D eigenvalue weighted by atomic mass is 19.3. The molecule has 0 unspecified atom stereocenters. The van der Waals surface area contributed by atoms with E-state index in [4.69, 9.17) is 0 Å². The SMILES string of the molecule is C=C(C)[C@@H]1CC[C@]2(NC(=O)CN3CCC(F)(F)CC3)CC[C@]3(C)[C@H](CC[C@@H]4[C@@]5(C)CC=C(c6ccc(C(=O)O)cc6)C(C)(C)[C@@H]5CC[C@]43C)[C@@H]12. The Bertz CT molecular complexity index is 1570. The Hall–Kier alpha value is -2.54. The van der Waals surface area contributed by atoms with Gasteiger partial charge in [-0.2, -0.15) is 0 Å². The van der Waals surface area contributed by atoms with Crippen molar-refractivity contribution in [3.8, 4) is 0 Å². The number of carbonyl (C=O) groups is 2. The van der Waals surface area contributed by atoms with Gasteiger partial charge < -0.3 is 10.4 Å². The minimum Gasteiger partial charge on any atom is -0.478 e. The van der Waals surface area contributed by atoms with Gasteiger partial charge in [0.2, 0.25) is 5.91 Å². The van der Waals surface area contributed by atoms with Gasteiger partial charge in [0, 0.05) is 31.5 Å². The van der Waals surface area contributed by atoms with Crippen LogP contribution in [0, 0.1) is 51.2 Å². The summed E-state index contributed by atoms with van der Waals surface area (Å²) in [5.74, 6) is -1.16. The standard InChI is InChI=1S/C43H60F2N2O3/c1-27(2)30-14-19-42(46-35(48)26-47-24-22-43(44,45)23-25-47)21-20-40(6)32(36(30)42)12-13-34-39(5)17-15-31(28-8-10-29(11-9-28)37(49)50)38(3,4)33(39)16-18-41(34,40)7/h8-11,15,30,32-34,36H,1,12-14,16-26H2,2-7H3,(H,46,48)(H,49,50)/t30-,32+,33-,34+,36+,39-,40+,41+,42-/m0/s1. The number of fused-ring (bicyclic) bond motifs is 7. The van der Waals surface area contributed by atoms with E-state index in [1.54, 1.807) is 12.1 Å². The molecule has 274 valence electrons. The van der Waals surface area contributed by atoms with Gasteiger partial charge in [-0.15, -0.1) is 0 Å². The van der Waals surface area contributed by atoms with E-state index in [0.717, 1.165) is 37.7 Å². The molecule has 0 radical (unpaired) electrons. The topological polar surface area (TPSA) is 69.6 Å². The summed E-state index contributed by atoms with van der Waals surface area (Å²) >= 11 is 0. The van der Waals surface area contributed by atoms with Gasteiger partial charge in [0.1, 0.15) is 0 Å². The zero-order valence-electron chi connectivity index (χ0n) is 31.3. The second kappa shape index (κ2) is 12.0. The van der Waals surface area contributed by atoms with Crippen molar-refractivity contribution in [2.75, 3.05) is 19.6 Å². The van der Waals surface area contributed by atoms with Crippen LogP contribution in [-0.4, -0.2) is 53.0 Å². The van der Waals surface area contributed by atoms with Crippen LogP contribution in [0.4, 0.5) is 8.78 Å². The zero-order valence-corrected chi connectivity index (χ0v) is 31.3. The molecule has 0 aromatic heterocycles. The molecule has 1 aromatic carbocycles. The maximum atomic E-state index is 13.8. The number of carboxylic acid groups (broad SMARTS) is 1. The van der Waals surface area contributed by atoms with Crippen molar-refractivity contribution in [2.24, 2.45) is 51.2 Å². The molecule has 6 aliphatic rings. The molecule has 4 saturated carbocycles. The van der Waals surface area contributed by atoms with Gasteiger partial charge in [0.15, 0.2) is 0 Å². The van der Waals surface area contributed by atoms with Crippen LogP contribution in [0.15, 0.2) is 42.5 Å². The Kier molecular flexibility index (Phi) is 8.60. The highest BCUT2D eigenvalue weighted by molar-refractivity contribution is 5.88. The minimum atomic E-state index is -2.61. The predicted octanol–water partition coefficient (Wildman–Crippen LogP) is 9.64. The van der Waals surface area contributed by atoms with Gasteiger partial charge in [-0.1, -0.05) is 65.0 Å². The lowest BCUT2D eigenvalue weighted by molar-refractivity contribution is -0.219. The first-order valence-electron chi connectivity index (χ1n) is 19.5. The smallest absolute Gasteiger partial charge is 0.335 e. The first-order valence-corrected chi connectivity index (χ1v) is 19.5. The average Bonchev–Trinajstić information content (AvgIpc) is 3.42. The van der Waals surface area contributed by atoms with Gasteiger partial charge in [0.25, 0.3) is 5.92 Å². The molecule has 2 N–H and O–H groups in total. The zero-order chi connectivity index (χ0) is 36.1. The van der Waals surface area contributed by atoms with Crippen LogP contribution in [0.1, 0.15) is 128 Å². The Morgan fingerprint density at radius 1 is 0.880 bits per heavy atom. The molecule has 0 bridgehead atoms. The minimum absolute atomic E-state index is 0.00345. The summed E-state index contributed by atoms with van der Waals surface area (Å²) in [5, 5.41) is 13.1. The monoisotopic (exact) mass is 690 g/mol. The van der Waals surface area contributed by atoms with Crippen LogP contribution < -0.4 is 5.32 Å². The molecule has 1 saturated heterocycles. The molecule has 5 nitrogen and oxygen atoms in total. The van der Waals surface area contributed by atoms with Crippen molar-refractivity contribution < 1.29 is 23.5 Å². The lowest BCUT2D eigenvalue weighted by atomic mass is 9.33. The predicted molar refractivity (Wildman–Crippen MR) is 195 cm³/mol. The van der Waals surface area contributed by atoms with E-state index in [0.29, 0.717) is 35.2 Å². The number of rotatable bonds is 6. The molecule has 1 heterocycles. The van der Waals surface area contributed by atoms with Crippen molar-refractivity contribution in [3.63, 3.8) is 0 Å². The second-order valence-electron chi connectivity index (χ2n) is 18.9. The highest BCUT2D eigenvalue weighted by Crippen LogP contribution is 2.76. The van der Waals surface area contributed by atoms with E-state index in [-0.39, 0.29) is 65.6 Å². The lowest BCUT2D eigenvalue weighted by Gasteiger charge is -2.72. The Morgan fingerprint density at radius 2 is 1.56 bits per heavy atom. The number of carbonyl (C=O) groups excluding carboxylic acids is 1. The van der Waals surface area contributed by atoms with Crippen molar-refractivity contribution in [1.29, 1.82) is 0 Å². The van der Waals surface area contributed by atoms with Crippen LogP contribution in [0.2, 0.25) is 0 Å². The number of nitrogens with one attached hydrogen (secondary N) is 1. The number of alkyl halides is 2. The molecule has 5 aliphatic carbocycles. The summed E-state index contributed by atoms with van der Waals surface area (Å²) in [6, 6.07) is 7.47. The number of halogens is 2. The summed E-state index contributed by atoms with van der Waals surface area (Å²) < 4.78 is 27.7. The number of nitrogens with zero attached hydrogens (tertiary/aromatic N) is 1. The highest BCUT2D eigenvalue weighted by Gasteiger charge is 2.70. The largest absolute Gasteiger partial charge is 0.478 e. The van der Waals surface area contributed by atoms with E-state index in [1.807, 2.05) is 17.0 Å². The number of likely N-dealkylation sites (tertiary alicyclic amines) is 1. The molecule has 1 aromatic rings. The number of allylic oxidation sites excluding steroid dienone is 3. The van der Waals surface area contributed by atoms with Crippen LogP contribution in [0.25, 0.3) is 5.57 Å². The van der Waals surface area contributed by atoms with Gasteiger partial charge >= 0.3 is 5.97 Å². The summed E-state index contributed by atoms with van der Waals surface area (Å²) in [6.07, 6.45) is 12.0. The van der Waals surface area contributed by atoms with E-state index in [2.05, 4.69) is 59.5 Å². The lowest BCUT2D eigenvalue weighted by Crippen LogP contribution is -2.68. The number of benzene rings is 1. The molecular formula is C43H60F2N2O3. The van der Waals surface area contributed by atoms with Gasteiger partial charge in [-0.05, 0) is 139 Å². The third kappa shape index (κ3) is 5.36. The molecule has 7 heteroatoms. The summed E-state index contributed by atoms with van der Waals surface area (Å²) in [4.78, 5) is 27.2. The number of amides is 1. The normalized spacial score (nSPS) is 41.8. The number of aromatic carboxylic acids is 1. The summed E-state index contributed by atoms with van der Waals surface area (Å²) in [5.41, 5.74) is 4.23. The maximum absolute atomic E-state index is 13.8. The molecule has 7 rings (SSSR count). The van der Waals surface area contributed by atoms with Crippen molar-refractivity contribution in [3.05, 3.63) is 53.6 Å². The molecule has 1 aliphatic heterocycles. The van der Waals surface area contributed by atoms with Crippen molar-refractivity contribution in [1.82, 2.24) is 10.2 Å². The van der Waals surface area contributed by atoms with Gasteiger partial charge in [0.05, 0.1) is 12.1 Å². The third-order valence-corrected chi connectivity index (χ3v) is 16.4. The average molecular weight is 691 g/mol. The van der Waals surface area contributed by atoms with E-state index < -0.39 is 11.9 Å². The van der Waals surface area contributed by atoms with E-state index in [9.17, 15) is 23.5 Å². The Morgan fingerprint density at radius 3 is 2.20 bits per heavy atom. The second-order valence-corrected chi connectivity index (χ2v) is 18.9. The number of carboxylic acids is 1. The fourth-order valence-corrected chi connectivity index (χ4v) is 13.8. The summed E-state index contributed by atoms with van der Waals surface area (Å²) in [6.45, 7) is 20.1. The first kappa shape index (κ1) is 35.8. The number of hydrogen-bond acceptors (Lipinski definition) is 3. The molecule has 1 amide bonds. The van der Waals surface area contributed by atoms with Crippen LogP contribution >= 0.6 is 0 Å². The fraction of sp³-hybridized carbons (Fsp3) is 0.721. The summed E-state index contributed by atoms with van der Waals surface area (Å²) in [7, 11) is 0. The number of piperidine rings is 1. The number of hydrogen-bond donors (Lipinski definition) is 2. The van der Waals surface area contributed by atoms with E-state index >= 15 is 0 Å². The van der Waals surface area contributed by atoms with Crippen molar-refractivity contribution >= 4 is 17.4 Å². The van der Waals surface area contributed by atoms with Crippen LogP contribution in [0.5, 0.6) is 0 Å². The van der Waals surface area contributed by atoms with Crippen LogP contribution in [0.3, 0.4) is 0 Å². The quantitative estimate of drug-likeness (QED) is 0.292. The molecule has 0 spiro atoms. The Labute approximate surface area is 298 Å². The molecular weight excluding hydrogens is 630 g/mol. The van der Waals surface area contributed by atoms with Gasteiger partial charge in [-0.25, -0.2) is 13.6 Å². The molecule has 9 atom stereocenters. The fourth-order valence-electron chi connectivity index (χ4n) is 13.8. The maximum Gasteiger partial charge on any atom is 0.335 e. The Balaban J connectivity index is 1.16. The third-order valence-electron chi connectivity index (χ3n) is 16.4. The first-order chi connectivity index (χ1) is 23.4. The van der Waals surface area contributed by atoms with Crippen LogP contribution in [-0.2, 0) is 4.79 Å². The van der Waals surface area contributed by atoms with Gasteiger partial charge in [-0.3, -0.25) is 9.69 Å². The molecule has 5 fully saturated rings. The van der Waals surface area contributed by atoms with Crippen molar-refractivity contribution in [2.45, 2.75) is 124 Å². The van der Waals surface area contributed by atoms with E-state index in [1.165, 1.54) is 36.8 Å².